The Hall–Kier alpha value is -3.85. The number of carbonyl (C=O) groups is 1. The van der Waals surface area contributed by atoms with E-state index in [-0.39, 0.29) is 5.75 Å². The molecule has 0 aliphatic rings. The number of methoxy groups -OCH3 is 2. The zero-order valence-electron chi connectivity index (χ0n) is 21.4. The summed E-state index contributed by atoms with van der Waals surface area (Å²) in [7, 11) is 3.14. The van der Waals surface area contributed by atoms with E-state index in [2.05, 4.69) is 11.6 Å². The van der Waals surface area contributed by atoms with Crippen LogP contribution >= 0.6 is 11.3 Å². The third-order valence-corrected chi connectivity index (χ3v) is 5.50. The van der Waals surface area contributed by atoms with Crippen LogP contribution in [0.2, 0.25) is 0 Å². The maximum Gasteiger partial charge on any atom is 0.514 e. The van der Waals surface area contributed by atoms with Crippen molar-refractivity contribution in [1.29, 1.82) is 0 Å². The Morgan fingerprint density at radius 2 is 1.81 bits per heavy atom. The van der Waals surface area contributed by atoms with Gasteiger partial charge >= 0.3 is 6.16 Å². The van der Waals surface area contributed by atoms with E-state index < -0.39 is 11.8 Å². The molecule has 3 aromatic rings. The largest absolute Gasteiger partial charge is 0.514 e. The number of nitrogens with zero attached hydrogens (tertiary/aromatic N) is 3. The third-order valence-electron chi connectivity index (χ3n) is 4.65. The second-order valence-corrected chi connectivity index (χ2v) is 9.78. The Balaban J connectivity index is 1.94. The number of rotatable bonds is 8. The van der Waals surface area contributed by atoms with Gasteiger partial charge in [-0.1, -0.05) is 12.2 Å². The quantitative estimate of drug-likeness (QED) is 0.163. The smallest absolute Gasteiger partial charge is 0.497 e. The maximum atomic E-state index is 12.1. The van der Waals surface area contributed by atoms with Gasteiger partial charge in [-0.2, -0.15) is 5.10 Å². The third kappa shape index (κ3) is 7.32. The van der Waals surface area contributed by atoms with Crippen LogP contribution in [0.1, 0.15) is 33.3 Å². The molecule has 0 saturated carbocycles. The molecule has 190 valence electrons. The van der Waals surface area contributed by atoms with E-state index in [0.29, 0.717) is 12.3 Å². The van der Waals surface area contributed by atoms with E-state index in [4.69, 9.17) is 24.0 Å². The Kier molecular flexibility index (Phi) is 8.71. The Morgan fingerprint density at radius 3 is 2.42 bits per heavy atom. The first kappa shape index (κ1) is 26.7. The summed E-state index contributed by atoms with van der Waals surface area (Å²) < 4.78 is 23.0. The molecule has 0 spiro atoms. The molecule has 36 heavy (non-hydrogen) atoms. The minimum Gasteiger partial charge on any atom is -0.497 e. The van der Waals surface area contributed by atoms with Crippen molar-refractivity contribution in [1.82, 2.24) is 4.68 Å². The molecule has 0 radical (unpaired) electrons. The SMILES string of the molecule is C=C(C)CN=c1scc(-c2ccc(OC)cc2)n1N=Cc1ccc(OC(=O)OC(C)(C)C)c(OC)c1. The van der Waals surface area contributed by atoms with Gasteiger partial charge in [0.2, 0.25) is 4.80 Å². The average molecular weight is 510 g/mol. The summed E-state index contributed by atoms with van der Waals surface area (Å²) in [6.07, 6.45) is 0.892. The van der Waals surface area contributed by atoms with Crippen LogP contribution in [0.15, 0.2) is 70.1 Å². The van der Waals surface area contributed by atoms with Gasteiger partial charge in [0.05, 0.1) is 32.7 Å². The summed E-state index contributed by atoms with van der Waals surface area (Å²) in [5, 5.41) is 6.72. The highest BCUT2D eigenvalue weighted by molar-refractivity contribution is 7.07. The number of hydrogen-bond donors (Lipinski definition) is 0. The van der Waals surface area contributed by atoms with Crippen molar-refractivity contribution in [2.24, 2.45) is 10.1 Å². The van der Waals surface area contributed by atoms with Crippen LogP contribution in [0, 0.1) is 0 Å². The second-order valence-electron chi connectivity index (χ2n) is 8.94. The molecule has 8 nitrogen and oxygen atoms in total. The van der Waals surface area contributed by atoms with E-state index in [1.807, 2.05) is 36.6 Å². The Bertz CT molecular complexity index is 1310. The zero-order chi connectivity index (χ0) is 26.3. The van der Waals surface area contributed by atoms with Gasteiger partial charge in [-0.15, -0.1) is 11.3 Å². The number of aromatic nitrogens is 1. The van der Waals surface area contributed by atoms with Gasteiger partial charge in [0.25, 0.3) is 0 Å². The lowest BCUT2D eigenvalue weighted by molar-refractivity contribution is 0.0201. The predicted molar refractivity (Wildman–Crippen MR) is 142 cm³/mol. The minimum atomic E-state index is -0.802. The molecule has 0 fully saturated rings. The molecular weight excluding hydrogens is 478 g/mol. The average Bonchev–Trinajstić information content (AvgIpc) is 3.23. The molecule has 0 saturated heterocycles. The maximum absolute atomic E-state index is 12.1. The van der Waals surface area contributed by atoms with E-state index in [9.17, 15) is 4.79 Å². The fourth-order valence-corrected chi connectivity index (χ4v) is 3.85. The van der Waals surface area contributed by atoms with Crippen LogP contribution in [0.25, 0.3) is 11.3 Å². The van der Waals surface area contributed by atoms with E-state index in [1.54, 1.807) is 57.0 Å². The predicted octanol–water partition coefficient (Wildman–Crippen LogP) is 5.91. The van der Waals surface area contributed by atoms with E-state index in [1.165, 1.54) is 18.4 Å². The lowest BCUT2D eigenvalue weighted by atomic mass is 10.2. The van der Waals surface area contributed by atoms with Crippen molar-refractivity contribution in [3.63, 3.8) is 0 Å². The van der Waals surface area contributed by atoms with Crippen LogP contribution in [-0.2, 0) is 4.74 Å². The van der Waals surface area contributed by atoms with Crippen molar-refractivity contribution in [2.75, 3.05) is 20.8 Å². The van der Waals surface area contributed by atoms with Gasteiger partial charge in [0.15, 0.2) is 11.5 Å². The lowest BCUT2D eigenvalue weighted by Gasteiger charge is -2.19. The van der Waals surface area contributed by atoms with Gasteiger partial charge in [-0.3, -0.25) is 4.99 Å². The first-order valence-corrected chi connectivity index (χ1v) is 12.1. The van der Waals surface area contributed by atoms with Crippen molar-refractivity contribution < 1.29 is 23.7 Å². The highest BCUT2D eigenvalue weighted by Crippen LogP contribution is 2.29. The molecule has 0 atom stereocenters. The van der Waals surface area contributed by atoms with Crippen LogP contribution in [0.4, 0.5) is 4.79 Å². The highest BCUT2D eigenvalue weighted by atomic mass is 32.1. The molecular formula is C27H31N3O5S. The van der Waals surface area contributed by atoms with E-state index in [0.717, 1.165) is 32.9 Å². The van der Waals surface area contributed by atoms with Gasteiger partial charge in [-0.05, 0) is 75.7 Å². The molecule has 9 heteroatoms. The highest BCUT2D eigenvalue weighted by Gasteiger charge is 2.19. The monoisotopic (exact) mass is 509 g/mol. The summed E-state index contributed by atoms with van der Waals surface area (Å²) in [6.45, 7) is 11.7. The first-order valence-electron chi connectivity index (χ1n) is 11.2. The fourth-order valence-electron chi connectivity index (χ4n) is 3.02. The molecule has 0 unspecified atom stereocenters. The van der Waals surface area contributed by atoms with Crippen LogP contribution < -0.4 is 19.0 Å². The normalized spacial score (nSPS) is 12.0. The molecule has 0 aliphatic heterocycles. The molecule has 1 aromatic heterocycles. The summed E-state index contributed by atoms with van der Waals surface area (Å²) in [5.41, 5.74) is 2.89. The van der Waals surface area contributed by atoms with Crippen molar-refractivity contribution in [2.45, 2.75) is 33.3 Å². The van der Waals surface area contributed by atoms with Crippen LogP contribution in [-0.4, -0.2) is 43.4 Å². The minimum absolute atomic E-state index is 0.253. The second kappa shape index (κ2) is 11.7. The summed E-state index contributed by atoms with van der Waals surface area (Å²) in [4.78, 5) is 17.5. The van der Waals surface area contributed by atoms with Gasteiger partial charge in [0, 0.05) is 10.9 Å². The van der Waals surface area contributed by atoms with Crippen LogP contribution in [0.5, 0.6) is 17.2 Å². The van der Waals surface area contributed by atoms with Gasteiger partial charge < -0.3 is 18.9 Å². The standard InChI is InChI=1S/C27H31N3O5S/c1-18(2)15-28-25-30(22(17-36-25)20-9-11-21(32-6)12-10-20)29-16-19-8-13-23(24(14-19)33-7)34-26(31)35-27(3,4)5/h8-14,16-17H,1,15H2,2-7H3. The zero-order valence-corrected chi connectivity index (χ0v) is 22.2. The van der Waals surface area contributed by atoms with Gasteiger partial charge in [0.1, 0.15) is 11.4 Å². The fraction of sp³-hybridized carbons (Fsp3) is 0.296. The van der Waals surface area contributed by atoms with Crippen LogP contribution in [0.3, 0.4) is 0 Å². The van der Waals surface area contributed by atoms with Crippen molar-refractivity contribution >= 4 is 23.7 Å². The Morgan fingerprint density at radius 1 is 1.08 bits per heavy atom. The molecule has 0 amide bonds. The summed E-state index contributed by atoms with van der Waals surface area (Å²) >= 11 is 1.49. The first-order chi connectivity index (χ1) is 17.1. The summed E-state index contributed by atoms with van der Waals surface area (Å²) in [6, 6.07) is 12.9. The number of hydrogen-bond acceptors (Lipinski definition) is 8. The molecule has 3 rings (SSSR count). The molecule has 0 bridgehead atoms. The number of thiazole rings is 1. The molecule has 1 heterocycles. The number of ether oxygens (including phenoxy) is 4. The van der Waals surface area contributed by atoms with Crippen molar-refractivity contribution in [3.05, 3.63) is 70.4 Å². The van der Waals surface area contributed by atoms with E-state index >= 15 is 0 Å². The van der Waals surface area contributed by atoms with Crippen molar-refractivity contribution in [3.8, 4) is 28.5 Å². The number of carbonyl (C=O) groups excluding carboxylic acids is 1. The number of benzene rings is 2. The Labute approximate surface area is 215 Å². The summed E-state index contributed by atoms with van der Waals surface area (Å²) in [5.74, 6) is 1.41. The molecule has 0 N–H and O–H groups in total. The lowest BCUT2D eigenvalue weighted by Crippen LogP contribution is -2.26. The topological polar surface area (TPSA) is 83.6 Å². The molecule has 0 aliphatic carbocycles. The molecule has 2 aromatic carbocycles. The van der Waals surface area contributed by atoms with Gasteiger partial charge in [-0.25, -0.2) is 9.47 Å².